The molecule has 0 spiro atoms. The van der Waals surface area contributed by atoms with Gasteiger partial charge in [0.2, 0.25) is 5.91 Å². The van der Waals surface area contributed by atoms with E-state index in [0.29, 0.717) is 5.41 Å². The van der Waals surface area contributed by atoms with Crippen molar-refractivity contribution in [3.63, 3.8) is 0 Å². The molecule has 0 aromatic rings. The molecule has 98 valence electrons. The summed E-state index contributed by atoms with van der Waals surface area (Å²) in [4.78, 5) is 14.3. The number of amides is 1. The second-order valence-electron chi connectivity index (χ2n) is 5.98. The Kier molecular flexibility index (Phi) is 4.05. The average Bonchev–Trinajstić information content (AvgIpc) is 2.84. The lowest BCUT2D eigenvalue weighted by Gasteiger charge is -2.38. The number of carbonyl (C=O) groups excluding carboxylic acids is 1. The summed E-state index contributed by atoms with van der Waals surface area (Å²) in [5.41, 5.74) is 0.292. The Labute approximate surface area is 104 Å². The van der Waals surface area contributed by atoms with Gasteiger partial charge in [0.15, 0.2) is 0 Å². The van der Waals surface area contributed by atoms with E-state index in [-0.39, 0.29) is 11.9 Å². The molecule has 1 amide bonds. The number of likely N-dealkylation sites (tertiary alicyclic amines) is 1. The van der Waals surface area contributed by atoms with Gasteiger partial charge in [0.1, 0.15) is 0 Å². The van der Waals surface area contributed by atoms with Crippen LogP contribution in [-0.4, -0.2) is 50.1 Å². The smallest absolute Gasteiger partial charge is 0.237 e. The SMILES string of the molecule is CN1CCC(C)(CNC(=O)C2CCCN2)CC1. The first kappa shape index (κ1) is 12.8. The van der Waals surface area contributed by atoms with E-state index in [1.165, 1.54) is 12.8 Å². The fourth-order valence-electron chi connectivity index (χ4n) is 2.67. The first-order chi connectivity index (χ1) is 8.09. The summed E-state index contributed by atoms with van der Waals surface area (Å²) in [6, 6.07) is 0.0601. The topological polar surface area (TPSA) is 44.4 Å². The van der Waals surface area contributed by atoms with Crippen LogP contribution in [0.15, 0.2) is 0 Å². The van der Waals surface area contributed by atoms with Gasteiger partial charge in [0.05, 0.1) is 6.04 Å². The zero-order valence-corrected chi connectivity index (χ0v) is 11.1. The van der Waals surface area contributed by atoms with Crippen LogP contribution in [0.25, 0.3) is 0 Å². The standard InChI is InChI=1S/C13H25N3O/c1-13(5-8-16(2)9-6-13)10-15-12(17)11-4-3-7-14-11/h11,14H,3-10H2,1-2H3,(H,15,17). The molecular weight excluding hydrogens is 214 g/mol. The molecule has 0 bridgehead atoms. The van der Waals surface area contributed by atoms with Crippen molar-refractivity contribution in [1.29, 1.82) is 0 Å². The van der Waals surface area contributed by atoms with Gasteiger partial charge in [-0.15, -0.1) is 0 Å². The summed E-state index contributed by atoms with van der Waals surface area (Å²) in [6.45, 7) is 6.41. The molecule has 1 unspecified atom stereocenters. The molecule has 2 N–H and O–H groups in total. The Bertz CT molecular complexity index is 266. The minimum absolute atomic E-state index is 0.0601. The van der Waals surface area contributed by atoms with E-state index in [2.05, 4.69) is 29.5 Å². The number of carbonyl (C=O) groups is 1. The highest BCUT2D eigenvalue weighted by molar-refractivity contribution is 5.82. The van der Waals surface area contributed by atoms with Gasteiger partial charge in [-0.25, -0.2) is 0 Å². The van der Waals surface area contributed by atoms with Gasteiger partial charge < -0.3 is 15.5 Å². The fraction of sp³-hybridized carbons (Fsp3) is 0.923. The lowest BCUT2D eigenvalue weighted by atomic mass is 9.80. The van der Waals surface area contributed by atoms with Crippen LogP contribution >= 0.6 is 0 Å². The van der Waals surface area contributed by atoms with Gasteiger partial charge in [-0.3, -0.25) is 4.79 Å². The first-order valence-corrected chi connectivity index (χ1v) is 6.79. The van der Waals surface area contributed by atoms with Crippen LogP contribution in [0.2, 0.25) is 0 Å². The number of hydrogen-bond donors (Lipinski definition) is 2. The molecule has 4 heteroatoms. The molecule has 2 saturated heterocycles. The average molecular weight is 239 g/mol. The monoisotopic (exact) mass is 239 g/mol. The van der Waals surface area contributed by atoms with Crippen molar-refractivity contribution in [2.45, 2.75) is 38.6 Å². The fourth-order valence-corrected chi connectivity index (χ4v) is 2.67. The molecule has 2 fully saturated rings. The Morgan fingerprint density at radius 2 is 2.18 bits per heavy atom. The maximum atomic E-state index is 11.9. The molecule has 0 aromatic heterocycles. The van der Waals surface area contributed by atoms with Crippen molar-refractivity contribution in [2.24, 2.45) is 5.41 Å². The van der Waals surface area contributed by atoms with Crippen LogP contribution in [-0.2, 0) is 4.79 Å². The highest BCUT2D eigenvalue weighted by Crippen LogP contribution is 2.29. The highest BCUT2D eigenvalue weighted by atomic mass is 16.2. The number of rotatable bonds is 3. The van der Waals surface area contributed by atoms with Crippen LogP contribution in [0.4, 0.5) is 0 Å². The van der Waals surface area contributed by atoms with E-state index in [0.717, 1.165) is 39.0 Å². The van der Waals surface area contributed by atoms with Gasteiger partial charge in [-0.1, -0.05) is 6.92 Å². The Morgan fingerprint density at radius 1 is 1.47 bits per heavy atom. The van der Waals surface area contributed by atoms with Crippen molar-refractivity contribution < 1.29 is 4.79 Å². The van der Waals surface area contributed by atoms with Crippen LogP contribution in [0, 0.1) is 5.41 Å². The van der Waals surface area contributed by atoms with E-state index in [4.69, 9.17) is 0 Å². The van der Waals surface area contributed by atoms with Crippen molar-refractivity contribution >= 4 is 5.91 Å². The van der Waals surface area contributed by atoms with Gasteiger partial charge >= 0.3 is 0 Å². The first-order valence-electron chi connectivity index (χ1n) is 6.79. The molecule has 0 aromatic carbocycles. The quantitative estimate of drug-likeness (QED) is 0.757. The molecule has 2 aliphatic rings. The van der Waals surface area contributed by atoms with Crippen molar-refractivity contribution in [2.75, 3.05) is 33.2 Å². The van der Waals surface area contributed by atoms with Crippen molar-refractivity contribution in [1.82, 2.24) is 15.5 Å². The third kappa shape index (κ3) is 3.42. The summed E-state index contributed by atoms with van der Waals surface area (Å²) >= 11 is 0. The van der Waals surface area contributed by atoms with E-state index in [9.17, 15) is 4.79 Å². The molecular formula is C13H25N3O. The Balaban J connectivity index is 1.75. The molecule has 2 heterocycles. The van der Waals surface area contributed by atoms with Crippen molar-refractivity contribution in [3.05, 3.63) is 0 Å². The number of nitrogens with one attached hydrogen (secondary N) is 2. The number of nitrogens with zero attached hydrogens (tertiary/aromatic N) is 1. The number of piperidine rings is 1. The highest BCUT2D eigenvalue weighted by Gasteiger charge is 2.30. The van der Waals surface area contributed by atoms with Gasteiger partial charge in [-0.05, 0) is 57.8 Å². The second-order valence-corrected chi connectivity index (χ2v) is 5.98. The molecule has 0 radical (unpaired) electrons. The predicted molar refractivity (Wildman–Crippen MR) is 68.9 cm³/mol. The molecule has 4 nitrogen and oxygen atoms in total. The zero-order chi connectivity index (χ0) is 12.3. The Morgan fingerprint density at radius 3 is 2.76 bits per heavy atom. The lowest BCUT2D eigenvalue weighted by Crippen LogP contribution is -2.47. The van der Waals surface area contributed by atoms with E-state index in [1.807, 2.05) is 0 Å². The Hall–Kier alpha value is -0.610. The molecule has 17 heavy (non-hydrogen) atoms. The third-order valence-corrected chi connectivity index (χ3v) is 4.26. The minimum atomic E-state index is 0.0601. The van der Waals surface area contributed by atoms with Crippen LogP contribution in [0.3, 0.4) is 0 Å². The summed E-state index contributed by atoms with van der Waals surface area (Å²) in [7, 11) is 2.17. The number of hydrogen-bond acceptors (Lipinski definition) is 3. The summed E-state index contributed by atoms with van der Waals surface area (Å²) in [6.07, 6.45) is 4.48. The van der Waals surface area contributed by atoms with Gasteiger partial charge in [-0.2, -0.15) is 0 Å². The van der Waals surface area contributed by atoms with Crippen LogP contribution < -0.4 is 10.6 Å². The maximum absolute atomic E-state index is 11.9. The second kappa shape index (κ2) is 5.36. The summed E-state index contributed by atoms with van der Waals surface area (Å²) < 4.78 is 0. The van der Waals surface area contributed by atoms with Gasteiger partial charge in [0.25, 0.3) is 0 Å². The van der Waals surface area contributed by atoms with Crippen LogP contribution in [0.1, 0.15) is 32.6 Å². The zero-order valence-electron chi connectivity index (χ0n) is 11.1. The normalized spacial score (nSPS) is 29.2. The van der Waals surface area contributed by atoms with Crippen LogP contribution in [0.5, 0.6) is 0 Å². The molecule has 0 saturated carbocycles. The van der Waals surface area contributed by atoms with E-state index in [1.54, 1.807) is 0 Å². The predicted octanol–water partition coefficient (Wildman–Crippen LogP) is 0.587. The molecule has 1 atom stereocenters. The summed E-state index contributed by atoms with van der Waals surface area (Å²) in [5.74, 6) is 0.197. The molecule has 2 aliphatic heterocycles. The maximum Gasteiger partial charge on any atom is 0.237 e. The molecule has 2 rings (SSSR count). The van der Waals surface area contributed by atoms with Gasteiger partial charge in [0, 0.05) is 6.54 Å². The molecule has 0 aliphatic carbocycles. The third-order valence-electron chi connectivity index (χ3n) is 4.26. The summed E-state index contributed by atoms with van der Waals surface area (Å²) in [5, 5.41) is 6.37. The van der Waals surface area contributed by atoms with E-state index < -0.39 is 0 Å². The van der Waals surface area contributed by atoms with E-state index >= 15 is 0 Å². The largest absolute Gasteiger partial charge is 0.354 e. The lowest BCUT2D eigenvalue weighted by molar-refractivity contribution is -0.123. The minimum Gasteiger partial charge on any atom is -0.354 e. The van der Waals surface area contributed by atoms with Crippen molar-refractivity contribution in [3.8, 4) is 0 Å².